The van der Waals surface area contributed by atoms with E-state index < -0.39 is 17.3 Å². The van der Waals surface area contributed by atoms with Gasteiger partial charge in [-0.05, 0) is 39.2 Å². The largest absolute Gasteiger partial charge is 0.458 e. The number of hydrogen-bond acceptors (Lipinski definition) is 4. The van der Waals surface area contributed by atoms with E-state index in [1.165, 1.54) is 0 Å². The molecule has 110 valence electrons. The molecule has 0 amide bonds. The number of fused-ring (bicyclic) bond motifs is 3. The molecule has 0 aliphatic carbocycles. The standard InChI is InChI=1S/C16H22O4/c1-9-5-6-13(17)16(4)8-12-11(7-15(9,3)20-16)10(2)14(18)19-12/h5,11-13,17H,2,6-8H2,1,3-4H3/t11-,12-,13-,15-,16-/m1/s1. The quantitative estimate of drug-likeness (QED) is 0.419. The van der Waals surface area contributed by atoms with Gasteiger partial charge in [0.1, 0.15) is 6.10 Å². The molecule has 3 rings (SSSR count). The number of aliphatic hydroxyl groups is 1. The van der Waals surface area contributed by atoms with Crippen molar-refractivity contribution in [1.29, 1.82) is 0 Å². The topological polar surface area (TPSA) is 55.8 Å². The molecule has 3 heterocycles. The van der Waals surface area contributed by atoms with Crippen LogP contribution in [0.4, 0.5) is 0 Å². The van der Waals surface area contributed by atoms with Crippen LogP contribution in [0.3, 0.4) is 0 Å². The lowest BCUT2D eigenvalue weighted by atomic mass is 9.79. The normalized spacial score (nSPS) is 48.0. The van der Waals surface area contributed by atoms with Gasteiger partial charge in [-0.1, -0.05) is 12.7 Å². The van der Waals surface area contributed by atoms with Crippen LogP contribution in [0.1, 0.15) is 40.0 Å². The van der Waals surface area contributed by atoms with Crippen molar-refractivity contribution in [3.8, 4) is 0 Å². The average Bonchev–Trinajstić information content (AvgIpc) is 2.52. The average molecular weight is 278 g/mol. The predicted octanol–water partition coefficient (Wildman–Crippen LogP) is 2.12. The lowest BCUT2D eigenvalue weighted by Gasteiger charge is -2.39. The summed E-state index contributed by atoms with van der Waals surface area (Å²) in [7, 11) is 0. The summed E-state index contributed by atoms with van der Waals surface area (Å²) in [6.07, 6.45) is 2.99. The zero-order chi connectivity index (χ0) is 14.7. The lowest BCUT2D eigenvalue weighted by molar-refractivity contribution is -0.173. The first-order valence-electron chi connectivity index (χ1n) is 7.20. The minimum absolute atomic E-state index is 0.0250. The zero-order valence-electron chi connectivity index (χ0n) is 12.3. The fourth-order valence-corrected chi connectivity index (χ4v) is 3.73. The minimum atomic E-state index is -0.701. The zero-order valence-corrected chi connectivity index (χ0v) is 12.3. The van der Waals surface area contributed by atoms with Crippen molar-refractivity contribution in [1.82, 2.24) is 0 Å². The maximum absolute atomic E-state index is 11.8. The lowest BCUT2D eigenvalue weighted by Crippen LogP contribution is -2.47. The number of hydrogen-bond donors (Lipinski definition) is 1. The molecular weight excluding hydrogens is 256 g/mol. The van der Waals surface area contributed by atoms with Crippen LogP contribution in [0, 0.1) is 5.92 Å². The Labute approximate surface area is 119 Å². The molecule has 0 radical (unpaired) electrons. The molecule has 3 aliphatic rings. The Bertz CT molecular complexity index is 509. The Balaban J connectivity index is 2.06. The van der Waals surface area contributed by atoms with Crippen molar-refractivity contribution in [3.63, 3.8) is 0 Å². The van der Waals surface area contributed by atoms with Gasteiger partial charge < -0.3 is 14.6 Å². The summed E-state index contributed by atoms with van der Waals surface area (Å²) in [5.41, 5.74) is 0.459. The maximum atomic E-state index is 11.8. The Morgan fingerprint density at radius 2 is 2.10 bits per heavy atom. The van der Waals surface area contributed by atoms with Gasteiger partial charge in [-0.3, -0.25) is 0 Å². The molecule has 0 aromatic carbocycles. The van der Waals surface area contributed by atoms with Crippen LogP contribution in [0.15, 0.2) is 23.8 Å². The second kappa shape index (κ2) is 4.18. The van der Waals surface area contributed by atoms with Crippen molar-refractivity contribution in [3.05, 3.63) is 23.8 Å². The fourth-order valence-electron chi connectivity index (χ4n) is 3.73. The number of aliphatic hydroxyl groups excluding tert-OH is 1. The van der Waals surface area contributed by atoms with Crippen LogP contribution < -0.4 is 0 Å². The third-order valence-corrected chi connectivity index (χ3v) is 5.28. The number of carbonyl (C=O) groups excluding carboxylic acids is 1. The molecule has 2 saturated heterocycles. The SMILES string of the molecule is C=C1C(=O)O[C@@H]2C[C@@]3(C)O[C@](C)(C[C@H]12)C(C)=CC[C@H]3O. The first-order chi connectivity index (χ1) is 9.25. The fraction of sp³-hybridized carbons (Fsp3) is 0.688. The number of rotatable bonds is 0. The summed E-state index contributed by atoms with van der Waals surface area (Å²) in [5, 5.41) is 10.4. The van der Waals surface area contributed by atoms with Gasteiger partial charge in [0, 0.05) is 17.9 Å². The summed E-state index contributed by atoms with van der Waals surface area (Å²) >= 11 is 0. The Morgan fingerprint density at radius 3 is 2.80 bits per heavy atom. The van der Waals surface area contributed by atoms with Gasteiger partial charge in [0.25, 0.3) is 0 Å². The van der Waals surface area contributed by atoms with E-state index in [0.29, 0.717) is 24.8 Å². The monoisotopic (exact) mass is 278 g/mol. The van der Waals surface area contributed by atoms with Crippen LogP contribution in [0.5, 0.6) is 0 Å². The summed E-state index contributed by atoms with van der Waals surface area (Å²) in [5.74, 6) is -0.329. The van der Waals surface area contributed by atoms with E-state index in [9.17, 15) is 9.90 Å². The maximum Gasteiger partial charge on any atom is 0.334 e. The Kier molecular flexibility index (Phi) is 2.89. The predicted molar refractivity (Wildman–Crippen MR) is 74.0 cm³/mol. The first-order valence-corrected chi connectivity index (χ1v) is 7.20. The van der Waals surface area contributed by atoms with Gasteiger partial charge in [0.2, 0.25) is 0 Å². The second-order valence-electron chi connectivity index (χ2n) is 6.77. The molecule has 20 heavy (non-hydrogen) atoms. The smallest absolute Gasteiger partial charge is 0.334 e. The van der Waals surface area contributed by atoms with E-state index in [-0.39, 0.29) is 18.0 Å². The molecule has 4 heteroatoms. The van der Waals surface area contributed by atoms with Crippen LogP contribution in [-0.2, 0) is 14.3 Å². The highest BCUT2D eigenvalue weighted by molar-refractivity contribution is 5.90. The number of esters is 1. The highest BCUT2D eigenvalue weighted by Crippen LogP contribution is 2.49. The highest BCUT2D eigenvalue weighted by atomic mass is 16.6. The molecule has 1 N–H and O–H groups in total. The van der Waals surface area contributed by atoms with Gasteiger partial charge in [0.15, 0.2) is 0 Å². The molecule has 0 unspecified atom stereocenters. The third kappa shape index (κ3) is 1.85. The van der Waals surface area contributed by atoms with E-state index >= 15 is 0 Å². The van der Waals surface area contributed by atoms with Crippen LogP contribution in [0.25, 0.3) is 0 Å². The highest BCUT2D eigenvalue weighted by Gasteiger charge is 2.54. The summed E-state index contributed by atoms with van der Waals surface area (Å²) in [6, 6.07) is 0. The van der Waals surface area contributed by atoms with Crippen molar-refractivity contribution in [2.45, 2.75) is 63.4 Å². The molecule has 5 atom stereocenters. The Hall–Kier alpha value is -1.13. The van der Waals surface area contributed by atoms with Gasteiger partial charge in [-0.25, -0.2) is 4.79 Å². The van der Waals surface area contributed by atoms with Crippen LogP contribution in [0.2, 0.25) is 0 Å². The van der Waals surface area contributed by atoms with E-state index in [1.54, 1.807) is 0 Å². The van der Waals surface area contributed by atoms with Gasteiger partial charge in [-0.15, -0.1) is 0 Å². The molecule has 0 aromatic heterocycles. The summed E-state index contributed by atoms with van der Waals surface area (Å²) in [4.78, 5) is 11.8. The van der Waals surface area contributed by atoms with E-state index in [0.717, 1.165) is 5.57 Å². The van der Waals surface area contributed by atoms with E-state index in [4.69, 9.17) is 9.47 Å². The minimum Gasteiger partial charge on any atom is -0.458 e. The van der Waals surface area contributed by atoms with Crippen LogP contribution >= 0.6 is 0 Å². The van der Waals surface area contributed by atoms with Gasteiger partial charge in [-0.2, -0.15) is 0 Å². The van der Waals surface area contributed by atoms with Gasteiger partial charge >= 0.3 is 5.97 Å². The summed E-state index contributed by atoms with van der Waals surface area (Å²) < 4.78 is 11.8. The second-order valence-corrected chi connectivity index (χ2v) is 6.77. The molecular formula is C16H22O4. The van der Waals surface area contributed by atoms with Gasteiger partial charge in [0.05, 0.1) is 17.3 Å². The molecule has 0 aromatic rings. The van der Waals surface area contributed by atoms with Crippen molar-refractivity contribution in [2.24, 2.45) is 5.92 Å². The molecule has 2 bridgehead atoms. The molecule has 4 nitrogen and oxygen atoms in total. The molecule has 2 fully saturated rings. The number of carbonyl (C=O) groups is 1. The van der Waals surface area contributed by atoms with Crippen molar-refractivity contribution in [2.75, 3.05) is 0 Å². The molecule has 3 aliphatic heterocycles. The number of ether oxygens (including phenoxy) is 2. The van der Waals surface area contributed by atoms with Crippen molar-refractivity contribution >= 4 is 5.97 Å². The Morgan fingerprint density at radius 1 is 1.40 bits per heavy atom. The van der Waals surface area contributed by atoms with Crippen LogP contribution in [-0.4, -0.2) is 34.5 Å². The first kappa shape index (κ1) is 13.8. The van der Waals surface area contributed by atoms with Crippen molar-refractivity contribution < 1.29 is 19.4 Å². The van der Waals surface area contributed by atoms with E-state index in [1.807, 2.05) is 20.8 Å². The summed E-state index contributed by atoms with van der Waals surface area (Å²) in [6.45, 7) is 9.86. The van der Waals surface area contributed by atoms with E-state index in [2.05, 4.69) is 12.7 Å². The molecule has 0 spiro atoms. The third-order valence-electron chi connectivity index (χ3n) is 5.28. The molecule has 0 saturated carbocycles.